The molecule has 1 rings (SSSR count). The summed E-state index contributed by atoms with van der Waals surface area (Å²) in [7, 11) is 0. The van der Waals surface area contributed by atoms with Crippen LogP contribution in [-0.2, 0) is 23.8 Å². The molecule has 1 amide bonds. The molecule has 1 aliphatic rings. The molecule has 0 spiro atoms. The maximum Gasteiger partial charge on any atom is 0.305 e. The molecule has 89 heavy (non-hydrogen) atoms. The summed E-state index contributed by atoms with van der Waals surface area (Å²) in [4.78, 5) is 25.1. The van der Waals surface area contributed by atoms with Gasteiger partial charge in [0.05, 0.1) is 32.0 Å². The molecular formula is C78H147NO10. The Morgan fingerprint density at radius 3 is 1.13 bits per heavy atom. The summed E-state index contributed by atoms with van der Waals surface area (Å²) >= 11 is 0. The van der Waals surface area contributed by atoms with Gasteiger partial charge in [-0.15, -0.1) is 0 Å². The molecule has 7 atom stereocenters. The van der Waals surface area contributed by atoms with Crippen molar-refractivity contribution in [3.8, 4) is 0 Å². The van der Waals surface area contributed by atoms with Crippen molar-refractivity contribution >= 4 is 11.9 Å². The van der Waals surface area contributed by atoms with E-state index in [0.717, 1.165) is 57.8 Å². The maximum atomic E-state index is 13.1. The summed E-state index contributed by atoms with van der Waals surface area (Å²) in [5.41, 5.74) is 0. The van der Waals surface area contributed by atoms with E-state index in [1.165, 1.54) is 302 Å². The van der Waals surface area contributed by atoms with Crippen molar-refractivity contribution in [2.24, 2.45) is 0 Å². The zero-order chi connectivity index (χ0) is 64.4. The van der Waals surface area contributed by atoms with Crippen LogP contribution in [0.25, 0.3) is 0 Å². The van der Waals surface area contributed by atoms with Crippen molar-refractivity contribution in [1.29, 1.82) is 0 Å². The molecule has 1 aliphatic heterocycles. The normalized spacial score (nSPS) is 17.9. The predicted octanol–water partition coefficient (Wildman–Crippen LogP) is 20.5. The van der Waals surface area contributed by atoms with Gasteiger partial charge in [0.15, 0.2) is 6.29 Å². The molecule has 6 N–H and O–H groups in total. The Balaban J connectivity index is 1.95. The molecule has 0 bridgehead atoms. The van der Waals surface area contributed by atoms with Crippen molar-refractivity contribution < 1.29 is 49.3 Å². The minimum Gasteiger partial charge on any atom is -0.466 e. The van der Waals surface area contributed by atoms with Gasteiger partial charge in [-0.05, 0) is 64.2 Å². The monoisotopic (exact) mass is 1260 g/mol. The fourth-order valence-electron chi connectivity index (χ4n) is 12.4. The molecular weight excluding hydrogens is 1110 g/mol. The van der Waals surface area contributed by atoms with E-state index in [2.05, 4.69) is 43.5 Å². The Labute approximate surface area is 549 Å². The van der Waals surface area contributed by atoms with E-state index in [1.807, 2.05) is 6.08 Å². The predicted molar refractivity (Wildman–Crippen MR) is 375 cm³/mol. The fourth-order valence-corrected chi connectivity index (χ4v) is 12.4. The standard InChI is InChI=1S/C78H147NO10/c1-3-5-7-9-11-13-15-17-41-44-48-52-56-60-64-71(81)70(69-88-78-77(86)76(85)75(84)72(68-80)89-78)79-73(82)65-61-57-53-49-45-42-39-37-35-33-31-29-27-25-23-21-19-18-20-22-24-26-28-30-32-34-36-38-40-43-47-51-55-59-63-67-87-74(83)66-62-58-54-50-46-16-14-12-10-8-6-4-2/h20,22,26,28,60,64,70-72,75-78,80-81,84-86H,3-19,21,23-25,27,29-59,61-63,65-69H2,1-2H3,(H,79,82)/b22-20-,28-26-,64-60+. The summed E-state index contributed by atoms with van der Waals surface area (Å²) in [6.07, 6.45) is 77.2. The number of rotatable bonds is 69. The van der Waals surface area contributed by atoms with E-state index < -0.39 is 49.5 Å². The molecule has 7 unspecified atom stereocenters. The number of aliphatic hydroxyl groups is 5. The summed E-state index contributed by atoms with van der Waals surface area (Å²) in [6, 6.07) is -0.808. The van der Waals surface area contributed by atoms with Crippen molar-refractivity contribution in [3.05, 3.63) is 36.5 Å². The summed E-state index contributed by atoms with van der Waals surface area (Å²) in [6.45, 7) is 4.39. The molecule has 11 heteroatoms. The third kappa shape index (κ3) is 56.0. The van der Waals surface area contributed by atoms with Gasteiger partial charge >= 0.3 is 5.97 Å². The number of aliphatic hydroxyl groups excluding tert-OH is 5. The number of nitrogens with one attached hydrogen (secondary N) is 1. The smallest absolute Gasteiger partial charge is 0.305 e. The van der Waals surface area contributed by atoms with E-state index in [-0.39, 0.29) is 18.5 Å². The summed E-state index contributed by atoms with van der Waals surface area (Å²) in [5.74, 6) is -0.165. The first-order chi connectivity index (χ1) is 43.7. The highest BCUT2D eigenvalue weighted by Gasteiger charge is 2.44. The highest BCUT2D eigenvalue weighted by Crippen LogP contribution is 2.24. The van der Waals surface area contributed by atoms with Gasteiger partial charge in [0.1, 0.15) is 24.4 Å². The molecule has 0 aromatic carbocycles. The molecule has 524 valence electrons. The molecule has 0 aliphatic carbocycles. The first-order valence-electron chi connectivity index (χ1n) is 38.8. The Hall–Kier alpha value is -2.12. The number of ether oxygens (including phenoxy) is 3. The van der Waals surface area contributed by atoms with Crippen LogP contribution in [0.4, 0.5) is 0 Å². The second-order valence-corrected chi connectivity index (χ2v) is 27.1. The van der Waals surface area contributed by atoms with Crippen molar-refractivity contribution in [2.45, 2.75) is 429 Å². The highest BCUT2D eigenvalue weighted by molar-refractivity contribution is 5.76. The molecule has 1 fully saturated rings. The lowest BCUT2D eigenvalue weighted by molar-refractivity contribution is -0.302. The van der Waals surface area contributed by atoms with Gasteiger partial charge in [0.25, 0.3) is 0 Å². The lowest BCUT2D eigenvalue weighted by atomic mass is 9.99. The number of esters is 1. The van der Waals surface area contributed by atoms with Gasteiger partial charge in [0.2, 0.25) is 5.91 Å². The van der Waals surface area contributed by atoms with E-state index in [9.17, 15) is 35.1 Å². The SMILES string of the molecule is CCCCCCCCCCCCCC/C=C/C(O)C(COC1OC(CO)C(O)C(O)C1O)NC(=O)CCCCCCCCCCCCCCCCCCC/C=C\C/C=C\CCCCCCCCCCCCCOC(=O)CCCCCCCCCCCCCC. The van der Waals surface area contributed by atoms with Crippen LogP contribution in [0.2, 0.25) is 0 Å². The first-order valence-corrected chi connectivity index (χ1v) is 38.8. The van der Waals surface area contributed by atoms with Crippen molar-refractivity contribution in [3.63, 3.8) is 0 Å². The Bertz CT molecular complexity index is 1570. The number of hydrogen-bond donors (Lipinski definition) is 6. The van der Waals surface area contributed by atoms with Gasteiger partial charge in [-0.2, -0.15) is 0 Å². The summed E-state index contributed by atoms with van der Waals surface area (Å²) in [5, 5.41) is 54.6. The van der Waals surface area contributed by atoms with Gasteiger partial charge < -0.3 is 45.1 Å². The van der Waals surface area contributed by atoms with Crippen molar-refractivity contribution in [1.82, 2.24) is 5.32 Å². The minimum absolute atomic E-state index is 0.0113. The molecule has 0 aromatic rings. The second-order valence-electron chi connectivity index (χ2n) is 27.1. The molecule has 0 saturated carbocycles. The van der Waals surface area contributed by atoms with Crippen LogP contribution in [0.1, 0.15) is 386 Å². The average molecular weight is 1260 g/mol. The van der Waals surface area contributed by atoms with Gasteiger partial charge in [0, 0.05) is 12.8 Å². The number of carbonyl (C=O) groups excluding carboxylic acids is 2. The van der Waals surface area contributed by atoms with Crippen LogP contribution in [0, 0.1) is 0 Å². The summed E-state index contributed by atoms with van der Waals surface area (Å²) < 4.78 is 16.8. The van der Waals surface area contributed by atoms with E-state index in [4.69, 9.17) is 14.2 Å². The molecule has 1 heterocycles. The Morgan fingerprint density at radius 1 is 0.416 bits per heavy atom. The van der Waals surface area contributed by atoms with Gasteiger partial charge in [-0.3, -0.25) is 9.59 Å². The number of allylic oxidation sites excluding steroid dienone is 5. The molecule has 11 nitrogen and oxygen atoms in total. The number of unbranched alkanes of at least 4 members (excludes halogenated alkanes) is 51. The average Bonchev–Trinajstić information content (AvgIpc) is 3.63. The van der Waals surface area contributed by atoms with E-state index in [1.54, 1.807) is 6.08 Å². The lowest BCUT2D eigenvalue weighted by Gasteiger charge is -2.40. The second kappa shape index (κ2) is 67.3. The zero-order valence-corrected chi connectivity index (χ0v) is 58.4. The first kappa shape index (κ1) is 84.9. The Morgan fingerprint density at radius 2 is 0.753 bits per heavy atom. The third-order valence-electron chi connectivity index (χ3n) is 18.5. The van der Waals surface area contributed by atoms with Crippen LogP contribution in [0.5, 0.6) is 0 Å². The topological polar surface area (TPSA) is 175 Å². The largest absolute Gasteiger partial charge is 0.466 e. The quantitative estimate of drug-likeness (QED) is 0.0195. The maximum absolute atomic E-state index is 13.1. The van der Waals surface area contributed by atoms with Gasteiger partial charge in [-0.25, -0.2) is 0 Å². The molecule has 0 aromatic heterocycles. The molecule has 1 saturated heterocycles. The van der Waals surface area contributed by atoms with E-state index >= 15 is 0 Å². The third-order valence-corrected chi connectivity index (χ3v) is 18.5. The molecule has 0 radical (unpaired) electrons. The van der Waals surface area contributed by atoms with Crippen LogP contribution in [-0.4, -0.2) is 100 Å². The minimum atomic E-state index is -1.57. The van der Waals surface area contributed by atoms with E-state index in [0.29, 0.717) is 19.4 Å². The highest BCUT2D eigenvalue weighted by atomic mass is 16.7. The Kier molecular flexibility index (Phi) is 64.2. The van der Waals surface area contributed by atoms with Crippen molar-refractivity contribution in [2.75, 3.05) is 19.8 Å². The number of carbonyl (C=O) groups is 2. The van der Waals surface area contributed by atoms with Crippen LogP contribution < -0.4 is 5.32 Å². The van der Waals surface area contributed by atoms with Crippen LogP contribution in [0.15, 0.2) is 36.5 Å². The fraction of sp³-hybridized carbons (Fsp3) is 0.897. The van der Waals surface area contributed by atoms with Crippen LogP contribution >= 0.6 is 0 Å². The van der Waals surface area contributed by atoms with Gasteiger partial charge in [-0.1, -0.05) is 346 Å². The zero-order valence-electron chi connectivity index (χ0n) is 58.4. The number of amides is 1. The number of hydrogen-bond acceptors (Lipinski definition) is 10. The van der Waals surface area contributed by atoms with Crippen LogP contribution in [0.3, 0.4) is 0 Å². The lowest BCUT2D eigenvalue weighted by Crippen LogP contribution is -2.60.